The van der Waals surface area contributed by atoms with Gasteiger partial charge in [0.25, 0.3) is 0 Å². The summed E-state index contributed by atoms with van der Waals surface area (Å²) >= 11 is 0. The molecule has 0 amide bonds. The Bertz CT molecular complexity index is 908. The van der Waals surface area contributed by atoms with Gasteiger partial charge in [0, 0.05) is 36.9 Å². The molecule has 0 heterocycles. The lowest BCUT2D eigenvalue weighted by molar-refractivity contribution is -0.139. The lowest BCUT2D eigenvalue weighted by Gasteiger charge is -2.49. The van der Waals surface area contributed by atoms with Crippen LogP contribution in [0.2, 0.25) is 0 Å². The summed E-state index contributed by atoms with van der Waals surface area (Å²) in [6.45, 7) is 14.3. The first-order valence-corrected chi connectivity index (χ1v) is 19.2. The van der Waals surface area contributed by atoms with Crippen LogP contribution in [-0.4, -0.2) is 61.3 Å². The highest BCUT2D eigenvalue weighted by Crippen LogP contribution is 2.51. The van der Waals surface area contributed by atoms with E-state index in [1.54, 1.807) is 13.8 Å². The highest BCUT2D eigenvalue weighted by atomic mass is 16.5. The van der Waals surface area contributed by atoms with Crippen molar-refractivity contribution in [3.05, 3.63) is 24.3 Å². The van der Waals surface area contributed by atoms with Crippen LogP contribution in [0.4, 0.5) is 0 Å². The van der Waals surface area contributed by atoms with E-state index in [9.17, 15) is 19.8 Å². The van der Waals surface area contributed by atoms with Gasteiger partial charge in [-0.15, -0.1) is 0 Å². The average molecular weight is 661 g/mol. The Hall–Kier alpha value is -1.70. The lowest BCUT2D eigenvalue weighted by Crippen LogP contribution is -2.44. The molecule has 0 aromatic heterocycles. The summed E-state index contributed by atoms with van der Waals surface area (Å²) in [4.78, 5) is 24.2. The van der Waals surface area contributed by atoms with Crippen LogP contribution >= 0.6 is 0 Å². The van der Waals surface area contributed by atoms with E-state index in [-0.39, 0.29) is 37.2 Å². The molecule has 0 aliphatic heterocycles. The van der Waals surface area contributed by atoms with E-state index in [2.05, 4.69) is 20.1 Å². The third-order valence-corrected chi connectivity index (χ3v) is 11.8. The van der Waals surface area contributed by atoms with Crippen molar-refractivity contribution < 1.29 is 34.0 Å². The maximum absolute atomic E-state index is 12.1. The fourth-order valence-electron chi connectivity index (χ4n) is 9.27. The fourth-order valence-corrected chi connectivity index (χ4v) is 9.27. The van der Waals surface area contributed by atoms with E-state index in [1.807, 2.05) is 0 Å². The van der Waals surface area contributed by atoms with Crippen molar-refractivity contribution >= 4 is 11.9 Å². The average Bonchev–Trinajstić information content (AvgIpc) is 3.07. The SMILES string of the molecule is C=C(C)C(=O)OCCCC1CC(C2CCC(C3CCCCC3)CC2CCC)CC(CCCOC(=O)C(=C)C)C1OCCC(CO)CO. The van der Waals surface area contributed by atoms with Gasteiger partial charge in [-0.2, -0.15) is 0 Å². The van der Waals surface area contributed by atoms with Crippen LogP contribution in [0.15, 0.2) is 24.3 Å². The summed E-state index contributed by atoms with van der Waals surface area (Å²) in [5.41, 5.74) is 0.842. The zero-order chi connectivity index (χ0) is 34.2. The third-order valence-electron chi connectivity index (χ3n) is 11.8. The molecule has 7 nitrogen and oxygen atoms in total. The normalized spacial score (nSPS) is 28.6. The predicted molar refractivity (Wildman–Crippen MR) is 188 cm³/mol. The van der Waals surface area contributed by atoms with E-state index < -0.39 is 0 Å². The molecule has 3 rings (SSSR count). The molecule has 0 bridgehead atoms. The standard InChI is InChI=1S/C40H68O7/c1-6-12-33-23-32(31-13-8-7-9-14-31)17-18-37(33)36-24-34(15-10-20-46-39(43)28(2)3)38(45-22-19-30(26-41)27-42)35(25-36)16-11-21-47-40(44)29(4)5/h30-38,41-42H,2,4,6-27H2,1,3,5H3. The van der Waals surface area contributed by atoms with Gasteiger partial charge >= 0.3 is 11.9 Å². The summed E-state index contributed by atoms with van der Waals surface area (Å²) in [6.07, 6.45) is 20.1. The molecule has 3 fully saturated rings. The lowest BCUT2D eigenvalue weighted by atomic mass is 9.58. The van der Waals surface area contributed by atoms with Crippen molar-refractivity contribution in [1.82, 2.24) is 0 Å². The third kappa shape index (κ3) is 12.9. The van der Waals surface area contributed by atoms with Crippen LogP contribution in [0.25, 0.3) is 0 Å². The first-order chi connectivity index (χ1) is 22.7. The molecule has 7 heteroatoms. The van der Waals surface area contributed by atoms with Crippen LogP contribution in [0.3, 0.4) is 0 Å². The molecule has 3 aliphatic rings. The minimum atomic E-state index is -0.335. The Balaban J connectivity index is 1.78. The summed E-state index contributed by atoms with van der Waals surface area (Å²) in [5.74, 6) is 3.79. The Morgan fingerprint density at radius 2 is 1.26 bits per heavy atom. The van der Waals surface area contributed by atoms with Crippen molar-refractivity contribution in [2.45, 2.75) is 136 Å². The van der Waals surface area contributed by atoms with Crippen molar-refractivity contribution in [2.75, 3.05) is 33.0 Å². The molecule has 0 radical (unpaired) electrons. The van der Waals surface area contributed by atoms with Gasteiger partial charge < -0.3 is 24.4 Å². The van der Waals surface area contributed by atoms with E-state index in [0.29, 0.717) is 55.1 Å². The van der Waals surface area contributed by atoms with Crippen LogP contribution < -0.4 is 0 Å². The first-order valence-electron chi connectivity index (χ1n) is 19.2. The molecular weight excluding hydrogens is 592 g/mol. The Morgan fingerprint density at radius 1 is 0.702 bits per heavy atom. The van der Waals surface area contributed by atoms with Crippen molar-refractivity contribution in [2.24, 2.45) is 47.3 Å². The maximum atomic E-state index is 12.1. The van der Waals surface area contributed by atoms with E-state index in [1.165, 1.54) is 64.2 Å². The molecule has 0 aromatic carbocycles. The van der Waals surface area contributed by atoms with Gasteiger partial charge in [-0.05, 0) is 119 Å². The number of hydrogen-bond acceptors (Lipinski definition) is 7. The molecule has 3 aliphatic carbocycles. The quantitative estimate of drug-likeness (QED) is 0.0771. The van der Waals surface area contributed by atoms with Gasteiger partial charge in [0.15, 0.2) is 0 Å². The number of rotatable bonds is 20. The molecule has 3 saturated carbocycles. The number of hydrogen-bond donors (Lipinski definition) is 2. The van der Waals surface area contributed by atoms with E-state index >= 15 is 0 Å². The van der Waals surface area contributed by atoms with Crippen LogP contribution in [-0.2, 0) is 23.8 Å². The van der Waals surface area contributed by atoms with Gasteiger partial charge in [-0.25, -0.2) is 9.59 Å². The second-order valence-corrected chi connectivity index (χ2v) is 15.4. The van der Waals surface area contributed by atoms with Gasteiger partial charge in [0.05, 0.1) is 19.3 Å². The highest BCUT2D eigenvalue weighted by Gasteiger charge is 2.44. The largest absolute Gasteiger partial charge is 0.462 e. The Morgan fingerprint density at radius 3 is 1.77 bits per heavy atom. The molecule has 0 aromatic rings. The molecule has 5 atom stereocenters. The second kappa shape index (κ2) is 21.4. The minimum absolute atomic E-state index is 0.0428. The molecule has 5 unspecified atom stereocenters. The summed E-state index contributed by atoms with van der Waals surface area (Å²) < 4.78 is 17.7. The topological polar surface area (TPSA) is 102 Å². The van der Waals surface area contributed by atoms with Gasteiger partial charge in [0.2, 0.25) is 0 Å². The zero-order valence-corrected chi connectivity index (χ0v) is 30.1. The maximum Gasteiger partial charge on any atom is 0.333 e. The van der Waals surface area contributed by atoms with Crippen LogP contribution in [0.1, 0.15) is 130 Å². The number of esters is 2. The zero-order valence-electron chi connectivity index (χ0n) is 30.1. The molecule has 270 valence electrons. The molecular formula is C40H68O7. The fraction of sp³-hybridized carbons (Fsp3) is 0.850. The smallest absolute Gasteiger partial charge is 0.333 e. The van der Waals surface area contributed by atoms with E-state index in [4.69, 9.17) is 14.2 Å². The number of carbonyl (C=O) groups excluding carboxylic acids is 2. The Kier molecular flexibility index (Phi) is 18.1. The van der Waals surface area contributed by atoms with Gasteiger partial charge in [0.1, 0.15) is 0 Å². The second-order valence-electron chi connectivity index (χ2n) is 15.4. The summed E-state index contributed by atoms with van der Waals surface area (Å²) in [6, 6.07) is 0. The summed E-state index contributed by atoms with van der Waals surface area (Å²) in [7, 11) is 0. The van der Waals surface area contributed by atoms with Crippen molar-refractivity contribution in [3.8, 4) is 0 Å². The number of aliphatic hydroxyl groups excluding tert-OH is 2. The van der Waals surface area contributed by atoms with Crippen molar-refractivity contribution in [3.63, 3.8) is 0 Å². The first kappa shape index (κ1) is 39.7. The monoisotopic (exact) mass is 660 g/mol. The van der Waals surface area contributed by atoms with Gasteiger partial charge in [-0.1, -0.05) is 65.0 Å². The molecule has 0 saturated heterocycles. The number of carbonyl (C=O) groups is 2. The number of aliphatic hydroxyl groups is 2. The van der Waals surface area contributed by atoms with Crippen LogP contribution in [0.5, 0.6) is 0 Å². The highest BCUT2D eigenvalue weighted by molar-refractivity contribution is 5.87. The predicted octanol–water partition coefficient (Wildman–Crippen LogP) is 8.22. The molecule has 2 N–H and O–H groups in total. The van der Waals surface area contributed by atoms with Crippen molar-refractivity contribution in [1.29, 1.82) is 0 Å². The van der Waals surface area contributed by atoms with E-state index in [0.717, 1.165) is 62.2 Å². The van der Waals surface area contributed by atoms with Gasteiger partial charge in [-0.3, -0.25) is 0 Å². The molecule has 47 heavy (non-hydrogen) atoms. The molecule has 0 spiro atoms. The van der Waals surface area contributed by atoms with Crippen LogP contribution in [0, 0.1) is 47.3 Å². The summed E-state index contributed by atoms with van der Waals surface area (Å²) in [5, 5.41) is 19.3. The number of ether oxygens (including phenoxy) is 3. The Labute approximate surface area is 286 Å². The minimum Gasteiger partial charge on any atom is -0.462 e.